The Morgan fingerprint density at radius 3 is 2.42 bits per heavy atom. The Morgan fingerprint density at radius 2 is 1.71 bits per heavy atom. The summed E-state index contributed by atoms with van der Waals surface area (Å²) in [5.41, 5.74) is 3.52. The number of benzene rings is 3. The van der Waals surface area contributed by atoms with Gasteiger partial charge in [-0.2, -0.15) is 18.3 Å². The van der Waals surface area contributed by atoms with Gasteiger partial charge in [0.05, 0.1) is 24.1 Å². The van der Waals surface area contributed by atoms with Crippen molar-refractivity contribution in [2.75, 3.05) is 12.0 Å². The number of hydrogen-bond acceptors (Lipinski definition) is 4. The number of hydrogen-bond donors (Lipinski definition) is 1. The van der Waals surface area contributed by atoms with Crippen LogP contribution < -0.4 is 14.9 Å². The SMILES string of the molecule is CCOc1cc(C=NNc2cccc(C(F)(F)F)c2)ccc1OCc1ccc(F)cc1. The molecule has 3 aromatic carbocycles. The Kier molecular flexibility index (Phi) is 7.12. The van der Waals surface area contributed by atoms with Gasteiger partial charge in [-0.15, -0.1) is 0 Å². The van der Waals surface area contributed by atoms with Crippen molar-refractivity contribution in [2.24, 2.45) is 5.10 Å². The standard InChI is InChI=1S/C23H20F4N2O2/c1-2-30-22-12-17(8-11-21(22)31-15-16-6-9-19(24)10-7-16)14-28-29-20-5-3-4-18(13-20)23(25,26)27/h3-14,29H,2,15H2,1H3. The van der Waals surface area contributed by atoms with Crippen LogP contribution in [0.3, 0.4) is 0 Å². The quantitative estimate of drug-likeness (QED) is 0.259. The van der Waals surface area contributed by atoms with Crippen LogP contribution in [0.4, 0.5) is 23.2 Å². The minimum atomic E-state index is -4.42. The summed E-state index contributed by atoms with van der Waals surface area (Å²) in [5, 5.41) is 3.99. The predicted molar refractivity (Wildman–Crippen MR) is 111 cm³/mol. The smallest absolute Gasteiger partial charge is 0.416 e. The Hall–Kier alpha value is -3.55. The van der Waals surface area contributed by atoms with Gasteiger partial charge in [-0.3, -0.25) is 5.43 Å². The van der Waals surface area contributed by atoms with Crippen LogP contribution in [0, 0.1) is 5.82 Å². The third-order valence-corrected chi connectivity index (χ3v) is 4.17. The van der Waals surface area contributed by atoms with E-state index in [2.05, 4.69) is 10.5 Å². The molecule has 1 N–H and O–H groups in total. The minimum Gasteiger partial charge on any atom is -0.490 e. The predicted octanol–water partition coefficient (Wildman–Crippen LogP) is 6.27. The van der Waals surface area contributed by atoms with Crippen LogP contribution in [-0.4, -0.2) is 12.8 Å². The van der Waals surface area contributed by atoms with Gasteiger partial charge in [-0.05, 0) is 66.6 Å². The fraction of sp³-hybridized carbons (Fsp3) is 0.174. The van der Waals surface area contributed by atoms with Crippen molar-refractivity contribution in [3.8, 4) is 11.5 Å². The molecule has 0 unspecified atom stereocenters. The van der Waals surface area contributed by atoms with Gasteiger partial charge in [0.1, 0.15) is 12.4 Å². The van der Waals surface area contributed by atoms with Crippen LogP contribution in [-0.2, 0) is 12.8 Å². The molecule has 0 aromatic heterocycles. The second-order valence-corrected chi connectivity index (χ2v) is 6.50. The van der Waals surface area contributed by atoms with Crippen LogP contribution in [0.2, 0.25) is 0 Å². The molecule has 0 radical (unpaired) electrons. The first-order valence-corrected chi connectivity index (χ1v) is 9.45. The van der Waals surface area contributed by atoms with E-state index in [9.17, 15) is 17.6 Å². The number of anilines is 1. The number of alkyl halides is 3. The number of ether oxygens (including phenoxy) is 2. The molecule has 0 fully saturated rings. The van der Waals surface area contributed by atoms with Crippen molar-refractivity contribution < 1.29 is 27.0 Å². The molecule has 0 aliphatic carbocycles. The summed E-state index contributed by atoms with van der Waals surface area (Å²) in [5.74, 6) is 0.683. The Bertz CT molecular complexity index is 1030. The third kappa shape index (κ3) is 6.47. The molecule has 162 valence electrons. The molecule has 0 heterocycles. The molecule has 3 rings (SSSR count). The highest BCUT2D eigenvalue weighted by atomic mass is 19.4. The van der Waals surface area contributed by atoms with Gasteiger partial charge in [0.25, 0.3) is 0 Å². The van der Waals surface area contributed by atoms with E-state index in [1.165, 1.54) is 30.5 Å². The monoisotopic (exact) mass is 432 g/mol. The first-order valence-electron chi connectivity index (χ1n) is 9.45. The largest absolute Gasteiger partial charge is 0.490 e. The lowest BCUT2D eigenvalue weighted by molar-refractivity contribution is -0.137. The van der Waals surface area contributed by atoms with Gasteiger partial charge in [0.2, 0.25) is 0 Å². The van der Waals surface area contributed by atoms with Crippen LogP contribution in [0.15, 0.2) is 71.8 Å². The second kappa shape index (κ2) is 9.97. The molecule has 0 aliphatic heterocycles. The fourth-order valence-electron chi connectivity index (χ4n) is 2.68. The number of halogens is 4. The van der Waals surface area contributed by atoms with Gasteiger partial charge in [-0.1, -0.05) is 18.2 Å². The molecule has 0 aliphatic rings. The summed E-state index contributed by atoms with van der Waals surface area (Å²) >= 11 is 0. The van der Waals surface area contributed by atoms with Gasteiger partial charge >= 0.3 is 6.18 Å². The molecule has 0 amide bonds. The molecular formula is C23H20F4N2O2. The maximum Gasteiger partial charge on any atom is 0.416 e. The normalized spacial score (nSPS) is 11.5. The van der Waals surface area contributed by atoms with E-state index in [0.717, 1.165) is 17.7 Å². The minimum absolute atomic E-state index is 0.218. The fourth-order valence-corrected chi connectivity index (χ4v) is 2.68. The zero-order chi connectivity index (χ0) is 22.3. The van der Waals surface area contributed by atoms with Crippen molar-refractivity contribution >= 4 is 11.9 Å². The van der Waals surface area contributed by atoms with Crippen LogP contribution in [0.5, 0.6) is 11.5 Å². The van der Waals surface area contributed by atoms with Crippen molar-refractivity contribution in [1.82, 2.24) is 0 Å². The summed E-state index contributed by atoms with van der Waals surface area (Å²) in [6.07, 6.45) is -2.95. The molecular weight excluding hydrogens is 412 g/mol. The summed E-state index contributed by atoms with van der Waals surface area (Å²) in [7, 11) is 0. The maximum absolute atomic E-state index is 13.0. The van der Waals surface area contributed by atoms with Crippen LogP contribution >= 0.6 is 0 Å². The second-order valence-electron chi connectivity index (χ2n) is 6.50. The molecule has 0 bridgehead atoms. The molecule has 0 spiro atoms. The summed E-state index contributed by atoms with van der Waals surface area (Å²) in [4.78, 5) is 0. The highest BCUT2D eigenvalue weighted by Gasteiger charge is 2.30. The maximum atomic E-state index is 13.0. The topological polar surface area (TPSA) is 42.8 Å². The van der Waals surface area contributed by atoms with Crippen molar-refractivity contribution in [2.45, 2.75) is 19.7 Å². The lowest BCUT2D eigenvalue weighted by Crippen LogP contribution is -2.05. The van der Waals surface area contributed by atoms with Crippen molar-refractivity contribution in [1.29, 1.82) is 0 Å². The Morgan fingerprint density at radius 1 is 0.935 bits per heavy atom. The molecule has 31 heavy (non-hydrogen) atoms. The lowest BCUT2D eigenvalue weighted by Gasteiger charge is -2.12. The average molecular weight is 432 g/mol. The first-order chi connectivity index (χ1) is 14.8. The first kappa shape index (κ1) is 22.1. The van der Waals surface area contributed by atoms with Crippen LogP contribution in [0.25, 0.3) is 0 Å². The zero-order valence-electron chi connectivity index (χ0n) is 16.6. The summed E-state index contributed by atoms with van der Waals surface area (Å²) in [6, 6.07) is 15.9. The van der Waals surface area contributed by atoms with E-state index in [4.69, 9.17) is 9.47 Å². The molecule has 0 saturated carbocycles. The Balaban J connectivity index is 1.68. The van der Waals surface area contributed by atoms with E-state index < -0.39 is 11.7 Å². The van der Waals surface area contributed by atoms with E-state index in [1.54, 1.807) is 30.3 Å². The number of hydrazone groups is 1. The van der Waals surface area contributed by atoms with E-state index in [0.29, 0.717) is 23.7 Å². The van der Waals surface area contributed by atoms with E-state index in [1.807, 2.05) is 6.92 Å². The average Bonchev–Trinajstić information content (AvgIpc) is 2.74. The summed E-state index contributed by atoms with van der Waals surface area (Å²) < 4.78 is 62.8. The highest BCUT2D eigenvalue weighted by Crippen LogP contribution is 2.31. The zero-order valence-corrected chi connectivity index (χ0v) is 16.6. The summed E-state index contributed by atoms with van der Waals surface area (Å²) in [6.45, 7) is 2.49. The third-order valence-electron chi connectivity index (χ3n) is 4.17. The van der Waals surface area contributed by atoms with Crippen molar-refractivity contribution in [3.05, 3.63) is 89.2 Å². The van der Waals surface area contributed by atoms with Crippen molar-refractivity contribution in [3.63, 3.8) is 0 Å². The van der Waals surface area contributed by atoms with Gasteiger partial charge < -0.3 is 9.47 Å². The number of nitrogens with one attached hydrogen (secondary N) is 1. The Labute approximate surface area is 177 Å². The van der Waals surface area contributed by atoms with Gasteiger partial charge in [0.15, 0.2) is 11.5 Å². The molecule has 0 atom stereocenters. The molecule has 4 nitrogen and oxygen atoms in total. The molecule has 8 heteroatoms. The lowest BCUT2D eigenvalue weighted by atomic mass is 10.2. The number of rotatable bonds is 8. The van der Waals surface area contributed by atoms with Crippen LogP contribution in [0.1, 0.15) is 23.6 Å². The van der Waals surface area contributed by atoms with Gasteiger partial charge in [0, 0.05) is 0 Å². The van der Waals surface area contributed by atoms with Gasteiger partial charge in [-0.25, -0.2) is 4.39 Å². The molecule has 0 saturated heterocycles. The van der Waals surface area contributed by atoms with E-state index >= 15 is 0 Å². The van der Waals surface area contributed by atoms with E-state index in [-0.39, 0.29) is 18.1 Å². The number of nitrogens with zero attached hydrogens (tertiary/aromatic N) is 1. The highest BCUT2D eigenvalue weighted by molar-refractivity contribution is 5.81. The molecule has 3 aromatic rings.